The maximum absolute atomic E-state index is 13.4. The summed E-state index contributed by atoms with van der Waals surface area (Å²) in [5, 5.41) is 9.73. The van der Waals surface area contributed by atoms with Crippen LogP contribution in [0, 0.1) is 5.82 Å². The summed E-state index contributed by atoms with van der Waals surface area (Å²) in [5.41, 5.74) is 0.281. The van der Waals surface area contributed by atoms with E-state index in [9.17, 15) is 9.50 Å². The number of fused-ring (bicyclic) bond motifs is 1. The zero-order chi connectivity index (χ0) is 9.42. The zero-order valence-corrected chi connectivity index (χ0v) is 8.05. The second-order valence-corrected chi connectivity index (χ2v) is 3.45. The van der Waals surface area contributed by atoms with E-state index in [-0.39, 0.29) is 15.7 Å². The highest BCUT2D eigenvalue weighted by Gasteiger charge is 2.09. The molecule has 4 heteroatoms. The quantitative estimate of drug-likeness (QED) is 0.770. The molecule has 0 atom stereocenters. The summed E-state index contributed by atoms with van der Waals surface area (Å²) in [7, 11) is 0. The third kappa shape index (κ3) is 1.27. The SMILES string of the molecule is Oc1cc(Br)c(F)c2cccnc12. The molecule has 1 heterocycles. The number of aromatic hydroxyl groups is 1. The summed E-state index contributed by atoms with van der Waals surface area (Å²) in [6, 6.07) is 4.49. The number of benzene rings is 1. The first-order valence-corrected chi connectivity index (χ1v) is 4.41. The van der Waals surface area contributed by atoms with Crippen molar-refractivity contribution in [3.05, 3.63) is 34.7 Å². The number of hydrogen-bond acceptors (Lipinski definition) is 2. The molecule has 2 aromatic rings. The van der Waals surface area contributed by atoms with Crippen molar-refractivity contribution in [3.8, 4) is 5.75 Å². The fraction of sp³-hybridized carbons (Fsp3) is 0. The lowest BCUT2D eigenvalue weighted by atomic mass is 10.2. The maximum atomic E-state index is 13.4. The molecule has 2 rings (SSSR count). The molecule has 0 saturated carbocycles. The molecule has 1 aromatic carbocycles. The van der Waals surface area contributed by atoms with Crippen molar-refractivity contribution in [1.82, 2.24) is 4.98 Å². The van der Waals surface area contributed by atoms with Crippen molar-refractivity contribution in [1.29, 1.82) is 0 Å². The van der Waals surface area contributed by atoms with Crippen LogP contribution < -0.4 is 0 Å². The Morgan fingerprint density at radius 3 is 3.00 bits per heavy atom. The molecule has 0 bridgehead atoms. The summed E-state index contributed by atoms with van der Waals surface area (Å²) in [6.07, 6.45) is 1.51. The molecule has 13 heavy (non-hydrogen) atoms. The van der Waals surface area contributed by atoms with Crippen LogP contribution in [0.3, 0.4) is 0 Å². The highest BCUT2D eigenvalue weighted by atomic mass is 79.9. The Morgan fingerprint density at radius 2 is 2.23 bits per heavy atom. The van der Waals surface area contributed by atoms with Crippen molar-refractivity contribution in [2.75, 3.05) is 0 Å². The van der Waals surface area contributed by atoms with E-state index < -0.39 is 5.82 Å². The number of aromatic nitrogens is 1. The molecule has 0 spiro atoms. The van der Waals surface area contributed by atoms with Crippen LogP contribution in [-0.2, 0) is 0 Å². The standard InChI is InChI=1S/C9H5BrFNO/c10-6-4-7(13)9-5(8(6)11)2-1-3-12-9/h1-4,13H. The topological polar surface area (TPSA) is 33.1 Å². The van der Waals surface area contributed by atoms with Crippen LogP contribution in [0.1, 0.15) is 0 Å². The highest BCUT2D eigenvalue weighted by molar-refractivity contribution is 9.10. The van der Waals surface area contributed by atoms with Crippen molar-refractivity contribution >= 4 is 26.8 Å². The second-order valence-electron chi connectivity index (χ2n) is 2.59. The van der Waals surface area contributed by atoms with Gasteiger partial charge in [0.1, 0.15) is 17.1 Å². The van der Waals surface area contributed by atoms with Gasteiger partial charge in [0.15, 0.2) is 0 Å². The van der Waals surface area contributed by atoms with E-state index in [4.69, 9.17) is 0 Å². The Labute approximate surface area is 82.2 Å². The Bertz CT molecular complexity index is 472. The normalized spacial score (nSPS) is 10.6. The van der Waals surface area contributed by atoms with Gasteiger partial charge in [-0.3, -0.25) is 4.98 Å². The van der Waals surface area contributed by atoms with Crippen LogP contribution in [0.25, 0.3) is 10.9 Å². The van der Waals surface area contributed by atoms with Crippen LogP contribution in [0.15, 0.2) is 28.9 Å². The smallest absolute Gasteiger partial charge is 0.147 e. The Balaban J connectivity index is 2.97. The Hall–Kier alpha value is -1.16. The van der Waals surface area contributed by atoms with Crippen LogP contribution in [0.2, 0.25) is 0 Å². The summed E-state index contributed by atoms with van der Waals surface area (Å²) in [6.45, 7) is 0. The first kappa shape index (κ1) is 8.44. The number of rotatable bonds is 0. The van der Waals surface area contributed by atoms with Gasteiger partial charge < -0.3 is 5.11 Å². The van der Waals surface area contributed by atoms with E-state index in [1.165, 1.54) is 12.3 Å². The van der Waals surface area contributed by atoms with Crippen LogP contribution in [-0.4, -0.2) is 10.1 Å². The summed E-state index contributed by atoms with van der Waals surface area (Å²) >= 11 is 3.00. The van der Waals surface area contributed by atoms with Crippen LogP contribution in [0.5, 0.6) is 5.75 Å². The first-order valence-electron chi connectivity index (χ1n) is 3.62. The second kappa shape index (κ2) is 2.96. The largest absolute Gasteiger partial charge is 0.506 e. The number of hydrogen-bond donors (Lipinski definition) is 1. The molecule has 0 aliphatic rings. The fourth-order valence-corrected chi connectivity index (χ4v) is 1.60. The zero-order valence-electron chi connectivity index (χ0n) is 6.46. The molecule has 0 fully saturated rings. The maximum Gasteiger partial charge on any atom is 0.147 e. The van der Waals surface area contributed by atoms with Crippen molar-refractivity contribution in [2.45, 2.75) is 0 Å². The van der Waals surface area contributed by atoms with Crippen molar-refractivity contribution < 1.29 is 9.50 Å². The third-order valence-corrected chi connectivity index (χ3v) is 2.34. The van der Waals surface area contributed by atoms with Gasteiger partial charge in [-0.05, 0) is 34.1 Å². The molecule has 1 N–H and O–H groups in total. The van der Waals surface area contributed by atoms with Crippen molar-refractivity contribution in [3.63, 3.8) is 0 Å². The van der Waals surface area contributed by atoms with E-state index in [0.29, 0.717) is 5.39 Å². The summed E-state index contributed by atoms with van der Waals surface area (Å²) in [5.74, 6) is -0.426. The van der Waals surface area contributed by atoms with Gasteiger partial charge >= 0.3 is 0 Å². The number of nitrogens with zero attached hydrogens (tertiary/aromatic N) is 1. The average Bonchev–Trinajstić information content (AvgIpc) is 2.15. The highest BCUT2D eigenvalue weighted by Crippen LogP contribution is 2.30. The summed E-state index contributed by atoms with van der Waals surface area (Å²) < 4.78 is 13.6. The van der Waals surface area contributed by atoms with Gasteiger partial charge in [-0.25, -0.2) is 4.39 Å². The lowest BCUT2D eigenvalue weighted by Gasteiger charge is -2.02. The van der Waals surface area contributed by atoms with Gasteiger partial charge in [0.2, 0.25) is 0 Å². The number of halogens is 2. The van der Waals surface area contributed by atoms with Gasteiger partial charge in [-0.15, -0.1) is 0 Å². The van der Waals surface area contributed by atoms with Gasteiger partial charge in [0.05, 0.1) is 4.47 Å². The average molecular weight is 242 g/mol. The number of pyridine rings is 1. The monoisotopic (exact) mass is 241 g/mol. The molecule has 0 radical (unpaired) electrons. The molecule has 0 saturated heterocycles. The number of phenolic OH excluding ortho intramolecular Hbond substituents is 1. The first-order chi connectivity index (χ1) is 6.20. The number of phenols is 1. The van der Waals surface area contributed by atoms with E-state index in [0.717, 1.165) is 0 Å². The third-order valence-electron chi connectivity index (χ3n) is 1.76. The molecule has 1 aromatic heterocycles. The lowest BCUT2D eigenvalue weighted by molar-refractivity contribution is 0.478. The molecule has 0 unspecified atom stereocenters. The Morgan fingerprint density at radius 1 is 1.46 bits per heavy atom. The minimum Gasteiger partial charge on any atom is -0.506 e. The van der Waals surface area contributed by atoms with Gasteiger partial charge in [-0.2, -0.15) is 0 Å². The molecular weight excluding hydrogens is 237 g/mol. The fourth-order valence-electron chi connectivity index (χ4n) is 1.17. The summed E-state index contributed by atoms with van der Waals surface area (Å²) in [4.78, 5) is 3.87. The van der Waals surface area contributed by atoms with Crippen molar-refractivity contribution in [2.24, 2.45) is 0 Å². The van der Waals surface area contributed by atoms with E-state index in [1.54, 1.807) is 12.1 Å². The lowest BCUT2D eigenvalue weighted by Crippen LogP contribution is -1.85. The van der Waals surface area contributed by atoms with E-state index >= 15 is 0 Å². The minimum absolute atomic E-state index is 0.0242. The van der Waals surface area contributed by atoms with E-state index in [2.05, 4.69) is 20.9 Å². The molecular formula is C9H5BrFNO. The predicted octanol–water partition coefficient (Wildman–Crippen LogP) is 2.84. The molecule has 66 valence electrons. The van der Waals surface area contributed by atoms with Crippen LogP contribution in [0.4, 0.5) is 4.39 Å². The molecule has 0 aliphatic carbocycles. The Kier molecular flexibility index (Phi) is 1.92. The van der Waals surface area contributed by atoms with Gasteiger partial charge in [0.25, 0.3) is 0 Å². The van der Waals surface area contributed by atoms with Gasteiger partial charge in [-0.1, -0.05) is 0 Å². The minimum atomic E-state index is -0.402. The van der Waals surface area contributed by atoms with E-state index in [1.807, 2.05) is 0 Å². The predicted molar refractivity (Wildman–Crippen MR) is 51.1 cm³/mol. The molecule has 0 amide bonds. The molecule has 0 aliphatic heterocycles. The van der Waals surface area contributed by atoms with Crippen LogP contribution >= 0.6 is 15.9 Å². The van der Waals surface area contributed by atoms with Gasteiger partial charge in [0, 0.05) is 11.6 Å². The molecule has 2 nitrogen and oxygen atoms in total.